The number of fused-ring (bicyclic) bond motifs is 2. The largest absolute Gasteiger partial charge is 0.324 e. The fourth-order valence-corrected chi connectivity index (χ4v) is 6.13. The van der Waals surface area contributed by atoms with Crippen molar-refractivity contribution in [1.29, 1.82) is 0 Å². The van der Waals surface area contributed by atoms with Gasteiger partial charge in [0.2, 0.25) is 15.9 Å². The molecular weight excluding hydrogens is 422 g/mol. The number of sulfonamides is 1. The number of hydrogen-bond donors (Lipinski definition) is 1. The molecule has 0 atom stereocenters. The Morgan fingerprint density at radius 2 is 1.93 bits per heavy atom. The second-order valence-corrected chi connectivity index (χ2v) is 10.1. The lowest BCUT2D eigenvalue weighted by molar-refractivity contribution is -0.113. The lowest BCUT2D eigenvalue weighted by Crippen LogP contribution is -2.31. The summed E-state index contributed by atoms with van der Waals surface area (Å²) in [7, 11) is -3.54. The van der Waals surface area contributed by atoms with E-state index in [9.17, 15) is 18.0 Å². The van der Waals surface area contributed by atoms with Gasteiger partial charge in [0.05, 0.1) is 16.3 Å². The predicted octanol–water partition coefficient (Wildman–Crippen LogP) is 2.96. The van der Waals surface area contributed by atoms with Gasteiger partial charge in [0, 0.05) is 35.8 Å². The summed E-state index contributed by atoms with van der Waals surface area (Å²) in [6.45, 7) is 4.94. The molecule has 2 amide bonds. The summed E-state index contributed by atoms with van der Waals surface area (Å²) in [4.78, 5) is 27.7. The second-order valence-electron chi connectivity index (χ2n) is 7.13. The normalized spacial score (nSPS) is 15.7. The number of amides is 2. The zero-order chi connectivity index (χ0) is 21.5. The van der Waals surface area contributed by atoms with Gasteiger partial charge in [0.25, 0.3) is 5.91 Å². The van der Waals surface area contributed by atoms with E-state index in [0.29, 0.717) is 43.1 Å². The van der Waals surface area contributed by atoms with Crippen molar-refractivity contribution < 1.29 is 18.0 Å². The van der Waals surface area contributed by atoms with E-state index in [2.05, 4.69) is 5.32 Å². The first-order chi connectivity index (χ1) is 14.3. The quantitative estimate of drug-likeness (QED) is 0.765. The lowest BCUT2D eigenvalue weighted by Gasteiger charge is -2.21. The van der Waals surface area contributed by atoms with Crippen LogP contribution < -0.4 is 10.2 Å². The fourth-order valence-electron chi connectivity index (χ4n) is 3.83. The number of anilines is 2. The first-order valence-corrected chi connectivity index (χ1v) is 12.3. The second kappa shape index (κ2) is 8.05. The third-order valence-corrected chi connectivity index (χ3v) is 8.51. The van der Waals surface area contributed by atoms with Crippen LogP contribution >= 0.6 is 11.8 Å². The topological polar surface area (TPSA) is 86.8 Å². The van der Waals surface area contributed by atoms with Crippen molar-refractivity contribution in [3.63, 3.8) is 0 Å². The first kappa shape index (κ1) is 20.9. The predicted molar refractivity (Wildman–Crippen MR) is 118 cm³/mol. The summed E-state index contributed by atoms with van der Waals surface area (Å²) in [5, 5.41) is 2.81. The summed E-state index contributed by atoms with van der Waals surface area (Å²) >= 11 is 1.45. The van der Waals surface area contributed by atoms with Gasteiger partial charge in [-0.3, -0.25) is 9.59 Å². The van der Waals surface area contributed by atoms with Crippen molar-refractivity contribution >= 4 is 45.0 Å². The van der Waals surface area contributed by atoms with Crippen LogP contribution in [0.2, 0.25) is 0 Å². The third kappa shape index (κ3) is 3.61. The molecule has 1 N–H and O–H groups in total. The molecule has 158 valence electrons. The lowest BCUT2D eigenvalue weighted by atomic mass is 10.1. The minimum Gasteiger partial charge on any atom is -0.324 e. The van der Waals surface area contributed by atoms with Crippen molar-refractivity contribution in [3.05, 3.63) is 47.5 Å². The molecule has 2 aliphatic heterocycles. The van der Waals surface area contributed by atoms with E-state index in [1.54, 1.807) is 35.2 Å². The summed E-state index contributed by atoms with van der Waals surface area (Å²) in [5.41, 5.74) is 2.72. The number of rotatable bonds is 5. The number of carbonyl (C=O) groups excluding carboxylic acids is 2. The number of carbonyl (C=O) groups is 2. The number of nitrogens with one attached hydrogen (secondary N) is 1. The van der Waals surface area contributed by atoms with Crippen LogP contribution in [0.5, 0.6) is 0 Å². The van der Waals surface area contributed by atoms with Gasteiger partial charge in [-0.25, -0.2) is 8.42 Å². The zero-order valence-electron chi connectivity index (χ0n) is 16.8. The molecule has 4 rings (SSSR count). The summed E-state index contributed by atoms with van der Waals surface area (Å²) in [6.07, 6.45) is 0.597. The van der Waals surface area contributed by atoms with Crippen molar-refractivity contribution in [2.75, 3.05) is 35.6 Å². The SMILES string of the molecule is CCN(CC)S(=O)(=O)c1ccc2c(c1)CCN2C(=O)c1ccc2c(c1)NC(=O)CS2. The van der Waals surface area contributed by atoms with Crippen LogP contribution in [0.15, 0.2) is 46.2 Å². The number of thioether (sulfide) groups is 1. The van der Waals surface area contributed by atoms with E-state index >= 15 is 0 Å². The Kier molecular flexibility index (Phi) is 5.61. The van der Waals surface area contributed by atoms with Crippen LogP contribution in [0.4, 0.5) is 11.4 Å². The average molecular weight is 446 g/mol. The molecule has 0 spiro atoms. The molecule has 2 aliphatic rings. The Bertz CT molecular complexity index is 1130. The highest BCUT2D eigenvalue weighted by Gasteiger charge is 2.29. The molecule has 0 aromatic heterocycles. The van der Waals surface area contributed by atoms with Gasteiger partial charge in [-0.2, -0.15) is 4.31 Å². The van der Waals surface area contributed by atoms with Gasteiger partial charge >= 0.3 is 0 Å². The van der Waals surface area contributed by atoms with Gasteiger partial charge in [-0.15, -0.1) is 11.8 Å². The molecule has 30 heavy (non-hydrogen) atoms. The summed E-state index contributed by atoms with van der Waals surface area (Å²) in [6, 6.07) is 10.3. The Balaban J connectivity index is 1.62. The molecule has 9 heteroatoms. The van der Waals surface area contributed by atoms with Gasteiger partial charge in [0.1, 0.15) is 0 Å². The van der Waals surface area contributed by atoms with Crippen molar-refractivity contribution in [2.24, 2.45) is 0 Å². The van der Waals surface area contributed by atoms with Gasteiger partial charge in [-0.05, 0) is 48.4 Å². The zero-order valence-corrected chi connectivity index (χ0v) is 18.5. The van der Waals surface area contributed by atoms with Crippen molar-refractivity contribution in [1.82, 2.24) is 4.31 Å². The Labute approximate surface area is 180 Å². The molecule has 0 saturated carbocycles. The standard InChI is InChI=1S/C21H23N3O4S2/c1-3-23(4-2)30(27,28)16-6-7-18-14(11-16)9-10-24(18)21(26)15-5-8-19-17(12-15)22-20(25)13-29-19/h5-8,11-12H,3-4,9-10,13H2,1-2H3,(H,22,25). The van der Waals surface area contributed by atoms with Crippen LogP contribution in [0, 0.1) is 0 Å². The number of hydrogen-bond acceptors (Lipinski definition) is 5. The third-order valence-electron chi connectivity index (χ3n) is 5.39. The van der Waals surface area contributed by atoms with Crippen LogP contribution in [-0.4, -0.2) is 49.9 Å². The highest BCUT2D eigenvalue weighted by molar-refractivity contribution is 8.00. The molecule has 0 saturated heterocycles. The monoisotopic (exact) mass is 445 g/mol. The first-order valence-electron chi connectivity index (χ1n) is 9.86. The van der Waals surface area contributed by atoms with Gasteiger partial charge in [-0.1, -0.05) is 13.8 Å². The van der Waals surface area contributed by atoms with Crippen LogP contribution in [-0.2, 0) is 21.2 Å². The fraction of sp³-hybridized carbons (Fsp3) is 0.333. The average Bonchev–Trinajstić information content (AvgIpc) is 3.16. The molecule has 7 nitrogen and oxygen atoms in total. The maximum atomic E-state index is 13.1. The van der Waals surface area contributed by atoms with E-state index in [0.717, 1.165) is 16.1 Å². The Morgan fingerprint density at radius 1 is 1.17 bits per heavy atom. The van der Waals surface area contributed by atoms with Crippen LogP contribution in [0.1, 0.15) is 29.8 Å². The smallest absolute Gasteiger partial charge is 0.258 e. The summed E-state index contributed by atoms with van der Waals surface area (Å²) in [5.74, 6) is 0.129. The molecule has 0 fully saturated rings. The number of benzene rings is 2. The molecule has 2 heterocycles. The van der Waals surface area contributed by atoms with Gasteiger partial charge < -0.3 is 10.2 Å². The van der Waals surface area contributed by atoms with E-state index in [4.69, 9.17) is 0 Å². The highest BCUT2D eigenvalue weighted by Crippen LogP contribution is 2.35. The highest BCUT2D eigenvalue weighted by atomic mass is 32.2. The molecule has 0 radical (unpaired) electrons. The van der Waals surface area contributed by atoms with E-state index in [-0.39, 0.29) is 16.7 Å². The summed E-state index contributed by atoms with van der Waals surface area (Å²) < 4.78 is 27.0. The molecular formula is C21H23N3O4S2. The van der Waals surface area contributed by atoms with E-state index in [1.807, 2.05) is 19.9 Å². The van der Waals surface area contributed by atoms with Crippen molar-refractivity contribution in [2.45, 2.75) is 30.1 Å². The van der Waals surface area contributed by atoms with Crippen LogP contribution in [0.3, 0.4) is 0 Å². The van der Waals surface area contributed by atoms with Gasteiger partial charge in [0.15, 0.2) is 0 Å². The molecule has 0 unspecified atom stereocenters. The van der Waals surface area contributed by atoms with E-state index in [1.165, 1.54) is 16.1 Å². The minimum absolute atomic E-state index is 0.0782. The maximum absolute atomic E-state index is 13.1. The molecule has 0 bridgehead atoms. The molecule has 0 aliphatic carbocycles. The maximum Gasteiger partial charge on any atom is 0.258 e. The Morgan fingerprint density at radius 3 is 2.67 bits per heavy atom. The van der Waals surface area contributed by atoms with Crippen LogP contribution in [0.25, 0.3) is 0 Å². The number of nitrogens with zero attached hydrogens (tertiary/aromatic N) is 2. The van der Waals surface area contributed by atoms with E-state index < -0.39 is 10.0 Å². The van der Waals surface area contributed by atoms with Crippen molar-refractivity contribution in [3.8, 4) is 0 Å². The molecule has 2 aromatic carbocycles. The Hall–Kier alpha value is -2.36. The molecule has 2 aromatic rings. The minimum atomic E-state index is -3.54.